The van der Waals surface area contributed by atoms with E-state index in [1.807, 2.05) is 12.3 Å². The van der Waals surface area contributed by atoms with Gasteiger partial charge in [-0.3, -0.25) is 9.69 Å². The molecule has 2 aromatic heterocycles. The van der Waals surface area contributed by atoms with Gasteiger partial charge in [-0.05, 0) is 43.5 Å². The van der Waals surface area contributed by atoms with E-state index in [9.17, 15) is 4.79 Å². The number of aromatic nitrogens is 2. The van der Waals surface area contributed by atoms with Gasteiger partial charge in [-0.1, -0.05) is 13.0 Å². The molecule has 0 unspecified atom stereocenters. The number of nitrogens with zero attached hydrogens (tertiary/aromatic N) is 2. The summed E-state index contributed by atoms with van der Waals surface area (Å²) >= 11 is 0. The fourth-order valence-corrected chi connectivity index (χ4v) is 3.20. The number of carbonyl (C=O) groups excluding carboxylic acids is 1. The lowest BCUT2D eigenvalue weighted by Gasteiger charge is -2.26. The Bertz CT molecular complexity index is 719. The van der Waals surface area contributed by atoms with E-state index >= 15 is 0 Å². The van der Waals surface area contributed by atoms with Crippen LogP contribution < -0.4 is 5.32 Å². The molecule has 1 aliphatic rings. The molecule has 24 heavy (non-hydrogen) atoms. The molecule has 0 radical (unpaired) electrons. The molecule has 0 bridgehead atoms. The van der Waals surface area contributed by atoms with Crippen molar-refractivity contribution in [3.63, 3.8) is 0 Å². The molecule has 0 saturated heterocycles. The maximum Gasteiger partial charge on any atom is 0.220 e. The van der Waals surface area contributed by atoms with Crippen LogP contribution in [-0.2, 0) is 4.79 Å². The van der Waals surface area contributed by atoms with Crippen LogP contribution in [0.15, 0.2) is 30.6 Å². The molecule has 2 aromatic rings. The topological polar surface area (TPSA) is 61.0 Å². The van der Waals surface area contributed by atoms with Crippen LogP contribution in [0.3, 0.4) is 0 Å². The van der Waals surface area contributed by atoms with Crippen molar-refractivity contribution in [3.05, 3.63) is 36.2 Å². The summed E-state index contributed by atoms with van der Waals surface area (Å²) in [5.74, 6) is 0.177. The molecule has 0 spiro atoms. The van der Waals surface area contributed by atoms with Crippen molar-refractivity contribution in [3.8, 4) is 0 Å². The summed E-state index contributed by atoms with van der Waals surface area (Å²) in [6, 6.07) is 4.11. The van der Waals surface area contributed by atoms with Gasteiger partial charge in [0.15, 0.2) is 0 Å². The minimum Gasteiger partial charge on any atom is -0.356 e. The maximum atomic E-state index is 11.6. The molecule has 3 rings (SSSR count). The van der Waals surface area contributed by atoms with Crippen LogP contribution in [0.25, 0.3) is 16.6 Å². The zero-order valence-corrected chi connectivity index (χ0v) is 14.3. The predicted molar refractivity (Wildman–Crippen MR) is 97.7 cm³/mol. The van der Waals surface area contributed by atoms with E-state index in [2.05, 4.69) is 45.4 Å². The Morgan fingerprint density at radius 1 is 1.46 bits per heavy atom. The van der Waals surface area contributed by atoms with Crippen LogP contribution in [-0.4, -0.2) is 47.0 Å². The van der Waals surface area contributed by atoms with Gasteiger partial charge in [0.05, 0.1) is 0 Å². The fraction of sp³-hybridized carbons (Fsp3) is 0.474. The van der Waals surface area contributed by atoms with E-state index in [0.29, 0.717) is 6.42 Å². The zero-order valence-electron chi connectivity index (χ0n) is 14.3. The minimum atomic E-state index is 0.177. The number of rotatable bonds is 7. The van der Waals surface area contributed by atoms with Gasteiger partial charge in [-0.15, -0.1) is 0 Å². The van der Waals surface area contributed by atoms with E-state index in [0.717, 1.165) is 51.1 Å². The number of hydrogen-bond donors (Lipinski definition) is 2. The lowest BCUT2D eigenvalue weighted by molar-refractivity contribution is -0.121. The molecule has 5 heteroatoms. The number of H-pyrrole nitrogens is 1. The molecule has 2 N–H and O–H groups in total. The van der Waals surface area contributed by atoms with Crippen molar-refractivity contribution in [1.29, 1.82) is 0 Å². The molecule has 5 nitrogen and oxygen atoms in total. The first kappa shape index (κ1) is 16.7. The number of carbonyl (C=O) groups is 1. The Hall–Kier alpha value is -2.14. The van der Waals surface area contributed by atoms with E-state index in [1.165, 1.54) is 16.5 Å². The van der Waals surface area contributed by atoms with Gasteiger partial charge in [-0.25, -0.2) is 4.98 Å². The summed E-state index contributed by atoms with van der Waals surface area (Å²) < 4.78 is 0. The minimum absolute atomic E-state index is 0.177. The van der Waals surface area contributed by atoms with Crippen LogP contribution >= 0.6 is 0 Å². The molecule has 1 amide bonds. The molecule has 0 aromatic carbocycles. The molecular formula is C19H26N4O. The number of nitrogens with one attached hydrogen (secondary N) is 2. The lowest BCUT2D eigenvalue weighted by Crippen LogP contribution is -2.31. The maximum absolute atomic E-state index is 11.6. The van der Waals surface area contributed by atoms with Gasteiger partial charge in [0.1, 0.15) is 5.65 Å². The number of hydrogen-bond acceptors (Lipinski definition) is 3. The second kappa shape index (κ2) is 8.11. The Labute approximate surface area is 143 Å². The molecule has 0 atom stereocenters. The summed E-state index contributed by atoms with van der Waals surface area (Å²) in [4.78, 5) is 21.7. The zero-order chi connectivity index (χ0) is 16.8. The van der Waals surface area contributed by atoms with Crippen molar-refractivity contribution < 1.29 is 4.79 Å². The Kier molecular flexibility index (Phi) is 5.64. The second-order valence-electron chi connectivity index (χ2n) is 6.34. The number of pyridine rings is 1. The molecule has 0 aliphatic carbocycles. The number of aromatic amines is 1. The highest BCUT2D eigenvalue weighted by molar-refractivity contribution is 5.90. The van der Waals surface area contributed by atoms with Gasteiger partial charge in [0, 0.05) is 49.4 Å². The smallest absolute Gasteiger partial charge is 0.220 e. The van der Waals surface area contributed by atoms with Gasteiger partial charge < -0.3 is 10.3 Å². The third kappa shape index (κ3) is 4.03. The Balaban J connectivity index is 1.50. The molecule has 1 aliphatic heterocycles. The van der Waals surface area contributed by atoms with Gasteiger partial charge in [0.2, 0.25) is 5.91 Å². The first-order chi connectivity index (χ1) is 11.8. The van der Waals surface area contributed by atoms with Crippen LogP contribution in [0.5, 0.6) is 0 Å². The van der Waals surface area contributed by atoms with E-state index in [4.69, 9.17) is 0 Å². The molecule has 0 fully saturated rings. The first-order valence-electron chi connectivity index (χ1n) is 8.88. The predicted octanol–water partition coefficient (Wildman–Crippen LogP) is 2.96. The lowest BCUT2D eigenvalue weighted by atomic mass is 9.99. The Morgan fingerprint density at radius 2 is 2.38 bits per heavy atom. The third-order valence-corrected chi connectivity index (χ3v) is 4.54. The van der Waals surface area contributed by atoms with Gasteiger partial charge in [0.25, 0.3) is 0 Å². The largest absolute Gasteiger partial charge is 0.356 e. The van der Waals surface area contributed by atoms with Crippen molar-refractivity contribution in [2.75, 3.05) is 26.2 Å². The molecular weight excluding hydrogens is 300 g/mol. The van der Waals surface area contributed by atoms with E-state index < -0.39 is 0 Å². The fourth-order valence-electron chi connectivity index (χ4n) is 3.20. The van der Waals surface area contributed by atoms with E-state index in [-0.39, 0.29) is 5.91 Å². The second-order valence-corrected chi connectivity index (χ2v) is 6.34. The summed E-state index contributed by atoms with van der Waals surface area (Å²) in [5.41, 5.74) is 3.62. The van der Waals surface area contributed by atoms with Crippen molar-refractivity contribution in [2.24, 2.45) is 0 Å². The standard InChI is InChI=1S/C19H26N4O/c1-2-9-20-18(24)6-4-11-23-12-7-15(8-13-23)17-14-22-19-16(17)5-3-10-21-19/h3,5,7,10,14H,2,4,6,8-9,11-13H2,1H3,(H,20,24)(H,21,22). The highest BCUT2D eigenvalue weighted by Crippen LogP contribution is 2.28. The Morgan fingerprint density at radius 3 is 3.17 bits per heavy atom. The SMILES string of the molecule is CCCNC(=O)CCCN1CC=C(c2c[nH]c3ncccc23)CC1. The normalized spacial score (nSPS) is 15.5. The van der Waals surface area contributed by atoms with Crippen molar-refractivity contribution in [2.45, 2.75) is 32.6 Å². The van der Waals surface area contributed by atoms with Crippen molar-refractivity contribution in [1.82, 2.24) is 20.2 Å². The van der Waals surface area contributed by atoms with Crippen molar-refractivity contribution >= 4 is 22.5 Å². The highest BCUT2D eigenvalue weighted by atomic mass is 16.1. The summed E-state index contributed by atoms with van der Waals surface area (Å²) in [5, 5.41) is 4.13. The number of amides is 1. The van der Waals surface area contributed by atoms with Gasteiger partial charge in [-0.2, -0.15) is 0 Å². The van der Waals surface area contributed by atoms with Crippen LogP contribution in [0, 0.1) is 0 Å². The quantitative estimate of drug-likeness (QED) is 0.822. The summed E-state index contributed by atoms with van der Waals surface area (Å²) in [7, 11) is 0. The average molecular weight is 326 g/mol. The molecule has 0 saturated carbocycles. The van der Waals surface area contributed by atoms with Gasteiger partial charge >= 0.3 is 0 Å². The summed E-state index contributed by atoms with van der Waals surface area (Å²) in [6.07, 6.45) is 9.79. The molecule has 128 valence electrons. The monoisotopic (exact) mass is 326 g/mol. The molecule has 3 heterocycles. The number of fused-ring (bicyclic) bond motifs is 1. The first-order valence-corrected chi connectivity index (χ1v) is 8.88. The van der Waals surface area contributed by atoms with E-state index in [1.54, 1.807) is 0 Å². The van der Waals surface area contributed by atoms with Crippen LogP contribution in [0.1, 0.15) is 38.2 Å². The van der Waals surface area contributed by atoms with Crippen LogP contribution in [0.4, 0.5) is 0 Å². The third-order valence-electron chi connectivity index (χ3n) is 4.54. The highest BCUT2D eigenvalue weighted by Gasteiger charge is 2.15. The van der Waals surface area contributed by atoms with Crippen LogP contribution in [0.2, 0.25) is 0 Å². The average Bonchev–Trinajstić information content (AvgIpc) is 3.05. The summed E-state index contributed by atoms with van der Waals surface area (Å²) in [6.45, 7) is 5.85.